The van der Waals surface area contributed by atoms with Crippen LogP contribution in [-0.2, 0) is 9.59 Å². The van der Waals surface area contributed by atoms with Gasteiger partial charge in [-0.2, -0.15) is 0 Å². The first-order valence-corrected chi connectivity index (χ1v) is 6.94. The largest absolute Gasteiger partial charge is 0.467 e. The Kier molecular flexibility index (Phi) is 5.32. The number of amides is 2. The Balaban J connectivity index is 1.77. The third-order valence-corrected chi connectivity index (χ3v) is 3.17. The van der Waals surface area contributed by atoms with Crippen LogP contribution in [0, 0.1) is 6.92 Å². The first kappa shape index (κ1) is 15.8. The van der Waals surface area contributed by atoms with Crippen molar-refractivity contribution in [3.63, 3.8) is 0 Å². The van der Waals surface area contributed by atoms with Crippen LogP contribution in [0.15, 0.2) is 47.1 Å². The summed E-state index contributed by atoms with van der Waals surface area (Å²) >= 11 is 0. The maximum Gasteiger partial charge on any atom is 0.313 e. The topological polar surface area (TPSA) is 91.6 Å². The molecular formula is C16H18N2O4. The number of hydrogen-bond donors (Lipinski definition) is 3. The van der Waals surface area contributed by atoms with Crippen LogP contribution in [0.4, 0.5) is 5.69 Å². The summed E-state index contributed by atoms with van der Waals surface area (Å²) in [5.74, 6) is -1.05. The second-order valence-electron chi connectivity index (χ2n) is 4.84. The monoisotopic (exact) mass is 302 g/mol. The summed E-state index contributed by atoms with van der Waals surface area (Å²) in [6.45, 7) is 2.01. The van der Waals surface area contributed by atoms with Crippen molar-refractivity contribution in [3.05, 3.63) is 54.0 Å². The van der Waals surface area contributed by atoms with Crippen molar-refractivity contribution < 1.29 is 19.1 Å². The van der Waals surface area contributed by atoms with Crippen molar-refractivity contribution in [1.29, 1.82) is 0 Å². The minimum Gasteiger partial charge on any atom is -0.467 e. The minimum absolute atomic E-state index is 0.169. The van der Waals surface area contributed by atoms with E-state index in [9.17, 15) is 14.7 Å². The highest BCUT2D eigenvalue weighted by atomic mass is 16.4. The molecule has 0 aliphatic heterocycles. The average Bonchev–Trinajstić information content (AvgIpc) is 3.03. The van der Waals surface area contributed by atoms with Crippen LogP contribution in [0.2, 0.25) is 0 Å². The van der Waals surface area contributed by atoms with E-state index in [0.717, 1.165) is 5.56 Å². The fraction of sp³-hybridized carbons (Fsp3) is 0.250. The highest BCUT2D eigenvalue weighted by Crippen LogP contribution is 2.16. The summed E-state index contributed by atoms with van der Waals surface area (Å²) in [5.41, 5.74) is 1.47. The fourth-order valence-corrected chi connectivity index (χ4v) is 1.92. The second kappa shape index (κ2) is 7.42. The quantitative estimate of drug-likeness (QED) is 0.734. The van der Waals surface area contributed by atoms with E-state index in [-0.39, 0.29) is 13.0 Å². The molecule has 0 radical (unpaired) electrons. The number of anilines is 1. The maximum absolute atomic E-state index is 11.8. The predicted octanol–water partition coefficient (Wildman–Crippen LogP) is 1.77. The molecule has 0 aliphatic carbocycles. The van der Waals surface area contributed by atoms with Crippen LogP contribution < -0.4 is 10.6 Å². The van der Waals surface area contributed by atoms with Crippen LogP contribution in [0.3, 0.4) is 0 Å². The van der Waals surface area contributed by atoms with Crippen molar-refractivity contribution in [2.24, 2.45) is 0 Å². The summed E-state index contributed by atoms with van der Waals surface area (Å²) in [7, 11) is 0. The van der Waals surface area contributed by atoms with E-state index in [1.807, 2.05) is 19.1 Å². The molecule has 1 atom stereocenters. The number of furan rings is 1. The van der Waals surface area contributed by atoms with Crippen LogP contribution in [-0.4, -0.2) is 23.5 Å². The highest BCUT2D eigenvalue weighted by Gasteiger charge is 2.15. The molecule has 116 valence electrons. The smallest absolute Gasteiger partial charge is 0.313 e. The lowest BCUT2D eigenvalue weighted by Crippen LogP contribution is -2.36. The van der Waals surface area contributed by atoms with Crippen LogP contribution >= 0.6 is 0 Å². The standard InChI is InChI=1S/C16H18N2O4/c1-11-5-2-3-6-12(11)18-16(21)15(20)17-9-8-13(19)14-7-4-10-22-14/h2-7,10,13,19H,8-9H2,1H3,(H,17,20)(H,18,21). The van der Waals surface area contributed by atoms with Gasteiger partial charge in [0.25, 0.3) is 0 Å². The Morgan fingerprint density at radius 2 is 1.95 bits per heavy atom. The maximum atomic E-state index is 11.8. The van der Waals surface area contributed by atoms with Gasteiger partial charge in [-0.25, -0.2) is 0 Å². The molecule has 1 unspecified atom stereocenters. The fourth-order valence-electron chi connectivity index (χ4n) is 1.92. The molecule has 22 heavy (non-hydrogen) atoms. The predicted molar refractivity (Wildman–Crippen MR) is 81.1 cm³/mol. The zero-order chi connectivity index (χ0) is 15.9. The minimum atomic E-state index is -0.810. The molecule has 6 heteroatoms. The molecule has 0 saturated carbocycles. The summed E-state index contributed by atoms with van der Waals surface area (Å²) in [5, 5.41) is 14.8. The molecular weight excluding hydrogens is 284 g/mol. The second-order valence-corrected chi connectivity index (χ2v) is 4.84. The molecule has 0 spiro atoms. The molecule has 2 aromatic rings. The van der Waals surface area contributed by atoms with Gasteiger partial charge < -0.3 is 20.2 Å². The Bertz CT molecular complexity index is 637. The van der Waals surface area contributed by atoms with E-state index in [2.05, 4.69) is 10.6 Å². The zero-order valence-electron chi connectivity index (χ0n) is 12.2. The van der Waals surface area contributed by atoms with Crippen molar-refractivity contribution in [2.45, 2.75) is 19.4 Å². The Morgan fingerprint density at radius 3 is 2.64 bits per heavy atom. The number of nitrogens with one attached hydrogen (secondary N) is 2. The molecule has 0 aliphatic rings. The molecule has 2 rings (SSSR count). The molecule has 0 bridgehead atoms. The SMILES string of the molecule is Cc1ccccc1NC(=O)C(=O)NCCC(O)c1ccco1. The molecule has 0 saturated heterocycles. The van der Waals surface area contributed by atoms with E-state index in [0.29, 0.717) is 11.4 Å². The van der Waals surface area contributed by atoms with Crippen LogP contribution in [0.5, 0.6) is 0 Å². The number of aliphatic hydroxyl groups excluding tert-OH is 1. The van der Waals surface area contributed by atoms with E-state index >= 15 is 0 Å². The normalized spacial score (nSPS) is 11.7. The Morgan fingerprint density at radius 1 is 1.18 bits per heavy atom. The van der Waals surface area contributed by atoms with Gasteiger partial charge in [-0.15, -0.1) is 0 Å². The number of hydrogen-bond acceptors (Lipinski definition) is 4. The van der Waals surface area contributed by atoms with Crippen molar-refractivity contribution in [3.8, 4) is 0 Å². The summed E-state index contributed by atoms with van der Waals surface area (Å²) < 4.78 is 5.05. The first-order valence-electron chi connectivity index (χ1n) is 6.94. The Hall–Kier alpha value is -2.60. The molecule has 0 fully saturated rings. The van der Waals surface area contributed by atoms with Crippen molar-refractivity contribution in [1.82, 2.24) is 5.32 Å². The number of carbonyl (C=O) groups excluding carboxylic acids is 2. The lowest BCUT2D eigenvalue weighted by atomic mass is 10.2. The molecule has 1 aromatic heterocycles. The van der Waals surface area contributed by atoms with Gasteiger partial charge in [0, 0.05) is 12.2 Å². The average molecular weight is 302 g/mol. The summed E-state index contributed by atoms with van der Waals surface area (Å²) in [6.07, 6.45) is 0.915. The lowest BCUT2D eigenvalue weighted by molar-refractivity contribution is -0.136. The molecule has 6 nitrogen and oxygen atoms in total. The van der Waals surface area contributed by atoms with Gasteiger partial charge in [0.1, 0.15) is 11.9 Å². The summed E-state index contributed by atoms with van der Waals surface area (Å²) in [4.78, 5) is 23.5. The lowest BCUT2D eigenvalue weighted by Gasteiger charge is -2.10. The van der Waals surface area contributed by atoms with Crippen molar-refractivity contribution in [2.75, 3.05) is 11.9 Å². The van der Waals surface area contributed by atoms with E-state index in [1.54, 1.807) is 24.3 Å². The first-order chi connectivity index (χ1) is 10.6. The van der Waals surface area contributed by atoms with Gasteiger partial charge in [-0.05, 0) is 37.1 Å². The van der Waals surface area contributed by atoms with Gasteiger partial charge in [0.05, 0.1) is 6.26 Å². The number of carbonyl (C=O) groups is 2. The number of benzene rings is 1. The van der Waals surface area contributed by atoms with Crippen LogP contribution in [0.1, 0.15) is 23.8 Å². The van der Waals surface area contributed by atoms with E-state index in [1.165, 1.54) is 6.26 Å². The highest BCUT2D eigenvalue weighted by molar-refractivity contribution is 6.39. The number of para-hydroxylation sites is 1. The van der Waals surface area contributed by atoms with Gasteiger partial charge in [0.2, 0.25) is 0 Å². The summed E-state index contributed by atoms with van der Waals surface area (Å²) in [6, 6.07) is 10.5. The number of aryl methyl sites for hydroxylation is 1. The molecule has 1 aromatic carbocycles. The third-order valence-electron chi connectivity index (χ3n) is 3.17. The molecule has 2 amide bonds. The molecule has 1 heterocycles. The van der Waals surface area contributed by atoms with Gasteiger partial charge in [0.15, 0.2) is 0 Å². The number of rotatable bonds is 5. The van der Waals surface area contributed by atoms with Gasteiger partial charge in [-0.1, -0.05) is 18.2 Å². The van der Waals surface area contributed by atoms with Crippen LogP contribution in [0.25, 0.3) is 0 Å². The molecule has 3 N–H and O–H groups in total. The van der Waals surface area contributed by atoms with Crippen molar-refractivity contribution >= 4 is 17.5 Å². The Labute approximate surface area is 128 Å². The van der Waals surface area contributed by atoms with E-state index < -0.39 is 17.9 Å². The zero-order valence-corrected chi connectivity index (χ0v) is 12.2. The number of aliphatic hydroxyl groups is 1. The van der Waals surface area contributed by atoms with E-state index in [4.69, 9.17) is 4.42 Å². The van der Waals surface area contributed by atoms with Gasteiger partial charge >= 0.3 is 11.8 Å². The van der Waals surface area contributed by atoms with Gasteiger partial charge in [-0.3, -0.25) is 9.59 Å². The third kappa shape index (κ3) is 4.20.